The summed E-state index contributed by atoms with van der Waals surface area (Å²) in [7, 11) is 2.19. The predicted octanol–water partition coefficient (Wildman–Crippen LogP) is 3.80. The maximum absolute atomic E-state index is 2.48. The van der Waals surface area contributed by atoms with Crippen molar-refractivity contribution in [2.45, 2.75) is 33.1 Å². The molecule has 1 heterocycles. The van der Waals surface area contributed by atoms with Gasteiger partial charge in [0.05, 0.1) is 0 Å². The van der Waals surface area contributed by atoms with E-state index in [1.165, 1.54) is 31.4 Å². The lowest BCUT2D eigenvalue weighted by molar-refractivity contribution is -0.00329. The summed E-state index contributed by atoms with van der Waals surface area (Å²) in [5.74, 6) is 1.77. The Morgan fingerprint density at radius 3 is 2.72 bits per heavy atom. The van der Waals surface area contributed by atoms with Gasteiger partial charge in [-0.05, 0) is 54.7 Å². The maximum Gasteiger partial charge on any atom is 0.0165 e. The van der Waals surface area contributed by atoms with Crippen LogP contribution in [0.3, 0.4) is 0 Å². The Kier molecular flexibility index (Phi) is 2.97. The first-order valence-corrected chi connectivity index (χ1v) is 7.33. The summed E-state index contributed by atoms with van der Waals surface area (Å²) in [5, 5.41) is 0. The van der Waals surface area contributed by atoms with Gasteiger partial charge in [-0.1, -0.05) is 38.2 Å². The first kappa shape index (κ1) is 12.2. The predicted molar refractivity (Wildman–Crippen MR) is 77.4 cm³/mol. The molecule has 0 N–H and O–H groups in total. The fourth-order valence-electron chi connectivity index (χ4n) is 3.73. The first-order chi connectivity index (χ1) is 8.57. The number of fused-ring (bicyclic) bond motifs is 1. The van der Waals surface area contributed by atoms with Gasteiger partial charge in [0.2, 0.25) is 0 Å². The van der Waals surface area contributed by atoms with Crippen LogP contribution in [-0.4, -0.2) is 25.0 Å². The molecule has 3 aliphatic carbocycles. The van der Waals surface area contributed by atoms with Gasteiger partial charge in [0, 0.05) is 13.1 Å². The largest absolute Gasteiger partial charge is 0.302 e. The highest BCUT2D eigenvalue weighted by Crippen LogP contribution is 2.59. The average molecular weight is 243 g/mol. The van der Waals surface area contributed by atoms with Crippen LogP contribution in [0.4, 0.5) is 0 Å². The van der Waals surface area contributed by atoms with Gasteiger partial charge >= 0.3 is 0 Å². The van der Waals surface area contributed by atoms with Gasteiger partial charge in [0.1, 0.15) is 0 Å². The maximum atomic E-state index is 2.48. The number of rotatable bonds is 2. The Balaban J connectivity index is 1.69. The molecular weight excluding hydrogens is 218 g/mol. The Morgan fingerprint density at radius 1 is 1.28 bits per heavy atom. The molecule has 2 bridgehead atoms. The third-order valence-corrected chi connectivity index (χ3v) is 5.45. The molecule has 0 aromatic heterocycles. The van der Waals surface area contributed by atoms with Crippen molar-refractivity contribution < 1.29 is 0 Å². The molecule has 0 aromatic carbocycles. The molecule has 0 amide bonds. The highest BCUT2D eigenvalue weighted by Gasteiger charge is 2.50. The van der Waals surface area contributed by atoms with E-state index in [1.807, 2.05) is 0 Å². The van der Waals surface area contributed by atoms with Gasteiger partial charge in [0.15, 0.2) is 0 Å². The molecule has 0 unspecified atom stereocenters. The Bertz CT molecular complexity index is 425. The SMILES string of the molecule is CN1CC=C(/C=C/C2=CC[C@H]3C[C@@H]2C3(C)C)CC1. The first-order valence-electron chi connectivity index (χ1n) is 7.33. The lowest BCUT2D eigenvalue weighted by Crippen LogP contribution is -2.47. The normalized spacial score (nSPS) is 35.1. The molecule has 0 radical (unpaired) electrons. The lowest BCUT2D eigenvalue weighted by Gasteiger charge is -2.56. The average Bonchev–Trinajstić information content (AvgIpc) is 2.38. The van der Waals surface area contributed by atoms with Crippen molar-refractivity contribution in [3.8, 4) is 0 Å². The van der Waals surface area contributed by atoms with E-state index in [1.54, 1.807) is 5.57 Å². The second-order valence-electron chi connectivity index (χ2n) is 6.87. The Labute approximate surface area is 111 Å². The van der Waals surface area contributed by atoms with Crippen LogP contribution in [0.15, 0.2) is 35.5 Å². The minimum atomic E-state index is 0.551. The van der Waals surface area contributed by atoms with Gasteiger partial charge in [0.25, 0.3) is 0 Å². The van der Waals surface area contributed by atoms with Crippen molar-refractivity contribution in [1.29, 1.82) is 0 Å². The van der Waals surface area contributed by atoms with Crippen molar-refractivity contribution in [2.24, 2.45) is 17.3 Å². The molecule has 0 spiro atoms. The molecule has 1 aliphatic heterocycles. The number of hydrogen-bond donors (Lipinski definition) is 0. The quantitative estimate of drug-likeness (QED) is 0.713. The summed E-state index contributed by atoms with van der Waals surface area (Å²) in [5.41, 5.74) is 3.67. The number of nitrogens with zero attached hydrogens (tertiary/aromatic N) is 1. The standard InChI is InChI=1S/C17H25N/c1-17(2)15-7-6-14(16(17)12-15)5-4-13-8-10-18(3)11-9-13/h4-6,8,15-16H,7,9-12H2,1-3H3/b5-4+/t15-,16-/m0/s1. The van der Waals surface area contributed by atoms with Gasteiger partial charge in [-0.15, -0.1) is 0 Å². The number of allylic oxidation sites excluding steroid dienone is 4. The van der Waals surface area contributed by atoms with Crippen molar-refractivity contribution >= 4 is 0 Å². The number of likely N-dealkylation sites (N-methyl/N-ethyl adjacent to an activating group) is 1. The van der Waals surface area contributed by atoms with E-state index in [2.05, 4.69) is 50.1 Å². The van der Waals surface area contributed by atoms with Crippen LogP contribution in [0.25, 0.3) is 0 Å². The zero-order chi connectivity index (χ0) is 12.8. The van der Waals surface area contributed by atoms with Crippen molar-refractivity contribution in [1.82, 2.24) is 4.90 Å². The van der Waals surface area contributed by atoms with Crippen molar-refractivity contribution in [3.63, 3.8) is 0 Å². The molecule has 4 aliphatic rings. The van der Waals surface area contributed by atoms with Crippen LogP contribution in [0.2, 0.25) is 0 Å². The van der Waals surface area contributed by atoms with Crippen LogP contribution >= 0.6 is 0 Å². The Hall–Kier alpha value is -0.820. The molecule has 1 saturated carbocycles. The zero-order valence-corrected chi connectivity index (χ0v) is 11.9. The second kappa shape index (κ2) is 4.38. The van der Waals surface area contributed by atoms with E-state index in [4.69, 9.17) is 0 Å². The highest BCUT2D eigenvalue weighted by molar-refractivity contribution is 5.36. The van der Waals surface area contributed by atoms with Crippen LogP contribution in [0.5, 0.6) is 0 Å². The van der Waals surface area contributed by atoms with Crippen molar-refractivity contribution in [3.05, 3.63) is 35.5 Å². The summed E-state index contributed by atoms with van der Waals surface area (Å²) >= 11 is 0. The molecule has 0 aromatic rings. The van der Waals surface area contributed by atoms with Crippen LogP contribution in [-0.2, 0) is 0 Å². The summed E-state index contributed by atoms with van der Waals surface area (Å²) < 4.78 is 0. The lowest BCUT2D eigenvalue weighted by atomic mass is 9.49. The molecule has 1 fully saturated rings. The summed E-state index contributed by atoms with van der Waals surface area (Å²) in [6.07, 6.45) is 13.5. The molecule has 18 heavy (non-hydrogen) atoms. The van der Waals surface area contributed by atoms with E-state index in [0.29, 0.717) is 5.41 Å². The van der Waals surface area contributed by atoms with Crippen molar-refractivity contribution in [2.75, 3.05) is 20.1 Å². The number of hydrogen-bond acceptors (Lipinski definition) is 1. The van der Waals surface area contributed by atoms with Gasteiger partial charge in [-0.3, -0.25) is 0 Å². The summed E-state index contributed by atoms with van der Waals surface area (Å²) in [4.78, 5) is 2.37. The fraction of sp³-hybridized carbons (Fsp3) is 0.647. The van der Waals surface area contributed by atoms with Gasteiger partial charge < -0.3 is 4.90 Å². The molecule has 0 saturated heterocycles. The molecular formula is C17H25N. The highest BCUT2D eigenvalue weighted by atomic mass is 15.1. The van der Waals surface area contributed by atoms with Crippen LogP contribution in [0, 0.1) is 17.3 Å². The van der Waals surface area contributed by atoms with Gasteiger partial charge in [-0.25, -0.2) is 0 Å². The molecule has 2 atom stereocenters. The van der Waals surface area contributed by atoms with E-state index in [0.717, 1.165) is 18.4 Å². The molecule has 4 rings (SSSR count). The van der Waals surface area contributed by atoms with E-state index in [-0.39, 0.29) is 0 Å². The third kappa shape index (κ3) is 1.99. The summed E-state index contributed by atoms with van der Waals surface area (Å²) in [6, 6.07) is 0. The fourth-order valence-corrected chi connectivity index (χ4v) is 3.73. The molecule has 1 heteroatoms. The molecule has 98 valence electrons. The topological polar surface area (TPSA) is 3.24 Å². The van der Waals surface area contributed by atoms with Crippen LogP contribution < -0.4 is 0 Å². The second-order valence-corrected chi connectivity index (χ2v) is 6.87. The Morgan fingerprint density at radius 2 is 2.11 bits per heavy atom. The minimum Gasteiger partial charge on any atom is -0.302 e. The summed E-state index contributed by atoms with van der Waals surface area (Å²) in [6.45, 7) is 7.20. The van der Waals surface area contributed by atoms with E-state index >= 15 is 0 Å². The van der Waals surface area contributed by atoms with Crippen LogP contribution in [0.1, 0.15) is 33.1 Å². The minimum absolute atomic E-state index is 0.551. The van der Waals surface area contributed by atoms with E-state index in [9.17, 15) is 0 Å². The smallest absolute Gasteiger partial charge is 0.0165 e. The van der Waals surface area contributed by atoms with Gasteiger partial charge in [-0.2, -0.15) is 0 Å². The third-order valence-electron chi connectivity index (χ3n) is 5.45. The molecule has 1 nitrogen and oxygen atoms in total. The zero-order valence-electron chi connectivity index (χ0n) is 11.9. The van der Waals surface area contributed by atoms with E-state index < -0.39 is 0 Å². The monoisotopic (exact) mass is 243 g/mol.